The maximum absolute atomic E-state index is 5.28. The third-order valence-electron chi connectivity index (χ3n) is 12.0. The predicted octanol–water partition coefficient (Wildman–Crippen LogP) is 15.0. The molecule has 0 amide bonds. The normalized spacial score (nSPS) is 11.5. The minimum absolute atomic E-state index is 0.612. The van der Waals surface area contributed by atoms with Crippen LogP contribution in [0.25, 0.3) is 122 Å². The Morgan fingerprint density at radius 2 is 0.758 bits per heavy atom. The number of hydrogen-bond acceptors (Lipinski definition) is 4. The number of aromatic nitrogens is 4. The molecule has 0 spiro atoms. The summed E-state index contributed by atoms with van der Waals surface area (Å²) < 4.78 is 0. The van der Waals surface area contributed by atoms with Crippen molar-refractivity contribution in [1.29, 1.82) is 0 Å². The van der Waals surface area contributed by atoms with E-state index in [1.165, 1.54) is 21.5 Å². The Balaban J connectivity index is 1.10. The molecule has 12 aromatic rings. The molecule has 62 heavy (non-hydrogen) atoms. The Hall–Kier alpha value is -8.34. The molecule has 0 atom stereocenters. The van der Waals surface area contributed by atoms with Gasteiger partial charge in [-0.3, -0.25) is 0 Å². The summed E-state index contributed by atoms with van der Waals surface area (Å²) in [7, 11) is 0. The highest BCUT2D eigenvalue weighted by Crippen LogP contribution is 2.42. The number of nitrogens with zero attached hydrogens (tertiary/aromatic N) is 4. The second-order valence-electron chi connectivity index (χ2n) is 15.8. The molecular formula is C58H36N4. The Morgan fingerprint density at radius 1 is 0.242 bits per heavy atom. The number of pyridine rings is 1. The van der Waals surface area contributed by atoms with Crippen LogP contribution in [0.5, 0.6) is 0 Å². The second kappa shape index (κ2) is 14.7. The van der Waals surface area contributed by atoms with Crippen molar-refractivity contribution >= 4 is 54.0 Å². The van der Waals surface area contributed by atoms with Gasteiger partial charge in [0.1, 0.15) is 0 Å². The van der Waals surface area contributed by atoms with Gasteiger partial charge in [-0.25, -0.2) is 19.9 Å². The van der Waals surface area contributed by atoms with Crippen LogP contribution in [0.4, 0.5) is 0 Å². The van der Waals surface area contributed by atoms with Crippen molar-refractivity contribution in [2.24, 2.45) is 0 Å². The van der Waals surface area contributed by atoms with E-state index in [-0.39, 0.29) is 0 Å². The van der Waals surface area contributed by atoms with Crippen molar-refractivity contribution in [3.05, 3.63) is 218 Å². The molecule has 0 aliphatic rings. The lowest BCUT2D eigenvalue weighted by Crippen LogP contribution is -2.01. The van der Waals surface area contributed by atoms with Crippen LogP contribution in [-0.2, 0) is 0 Å². The number of rotatable bonds is 6. The minimum Gasteiger partial charge on any atom is -0.247 e. The summed E-state index contributed by atoms with van der Waals surface area (Å²) in [6.45, 7) is 0. The van der Waals surface area contributed by atoms with E-state index in [4.69, 9.17) is 19.9 Å². The number of benzene rings is 10. The second-order valence-corrected chi connectivity index (χ2v) is 15.8. The molecule has 4 nitrogen and oxygen atoms in total. The first-order chi connectivity index (χ1) is 30.7. The van der Waals surface area contributed by atoms with Gasteiger partial charge < -0.3 is 0 Å². The SMILES string of the molecule is c1ccc(-c2cc(-c3nc(-c4ccc5ccccc5c4)nc(-c4ccc5ccccc5c4)n3)cc(-c3cccc4c3ccc3c(-c5ccccc5)nc5ccccc5c34)c2)cc1. The molecule has 4 heteroatoms. The van der Waals surface area contributed by atoms with Crippen LogP contribution in [-0.4, -0.2) is 19.9 Å². The first-order valence-electron chi connectivity index (χ1n) is 21.0. The van der Waals surface area contributed by atoms with Crippen LogP contribution in [0.3, 0.4) is 0 Å². The van der Waals surface area contributed by atoms with E-state index in [1.54, 1.807) is 0 Å². The Kier molecular flexibility index (Phi) is 8.46. The van der Waals surface area contributed by atoms with Crippen LogP contribution in [0.2, 0.25) is 0 Å². The topological polar surface area (TPSA) is 51.6 Å². The third-order valence-corrected chi connectivity index (χ3v) is 12.0. The molecule has 0 aliphatic heterocycles. The molecule has 0 fully saturated rings. The van der Waals surface area contributed by atoms with Gasteiger partial charge in [0.05, 0.1) is 11.2 Å². The molecule has 12 rings (SSSR count). The van der Waals surface area contributed by atoms with Gasteiger partial charge in [-0.2, -0.15) is 0 Å². The monoisotopic (exact) mass is 788 g/mol. The number of para-hydroxylation sites is 1. The van der Waals surface area contributed by atoms with Crippen LogP contribution < -0.4 is 0 Å². The van der Waals surface area contributed by atoms with Crippen LogP contribution in [0, 0.1) is 0 Å². The molecule has 0 bridgehead atoms. The first-order valence-corrected chi connectivity index (χ1v) is 21.0. The van der Waals surface area contributed by atoms with Crippen LogP contribution in [0.15, 0.2) is 218 Å². The summed E-state index contributed by atoms with van der Waals surface area (Å²) >= 11 is 0. The molecule has 0 N–H and O–H groups in total. The van der Waals surface area contributed by atoms with Gasteiger partial charge in [-0.15, -0.1) is 0 Å². The van der Waals surface area contributed by atoms with Gasteiger partial charge >= 0.3 is 0 Å². The smallest absolute Gasteiger partial charge is 0.164 e. The quantitative estimate of drug-likeness (QED) is 0.158. The molecule has 10 aromatic carbocycles. The van der Waals surface area contributed by atoms with Gasteiger partial charge in [0.25, 0.3) is 0 Å². The zero-order valence-corrected chi connectivity index (χ0v) is 33.6. The highest BCUT2D eigenvalue weighted by atomic mass is 15.0. The van der Waals surface area contributed by atoms with E-state index in [0.717, 1.165) is 82.6 Å². The van der Waals surface area contributed by atoms with E-state index >= 15 is 0 Å². The van der Waals surface area contributed by atoms with Crippen molar-refractivity contribution < 1.29 is 0 Å². The lowest BCUT2D eigenvalue weighted by Gasteiger charge is -2.16. The summed E-state index contributed by atoms with van der Waals surface area (Å²) in [6.07, 6.45) is 0. The zero-order chi connectivity index (χ0) is 41.0. The van der Waals surface area contributed by atoms with Crippen molar-refractivity contribution in [3.8, 4) is 67.7 Å². The van der Waals surface area contributed by atoms with Gasteiger partial charge in [-0.05, 0) is 91.0 Å². The minimum atomic E-state index is 0.612. The maximum Gasteiger partial charge on any atom is 0.164 e. The molecule has 0 saturated carbocycles. The van der Waals surface area contributed by atoms with E-state index in [2.05, 4.69) is 218 Å². The fraction of sp³-hybridized carbons (Fsp3) is 0. The van der Waals surface area contributed by atoms with Crippen LogP contribution >= 0.6 is 0 Å². The van der Waals surface area contributed by atoms with Crippen molar-refractivity contribution in [2.75, 3.05) is 0 Å². The molecule has 0 unspecified atom stereocenters. The van der Waals surface area contributed by atoms with Gasteiger partial charge in [-0.1, -0.05) is 182 Å². The standard InChI is InChI=1S/C58H36N4/c1-3-14-37(15-4-1)45-34-46(48-23-13-24-50-49(48)30-31-52-54(50)51-22-11-12-25-53(51)59-55(52)40-18-5-2-6-19-40)36-47(35-45)58-61-56(43-28-26-38-16-7-9-20-41(38)32-43)60-57(62-58)44-29-27-39-17-8-10-21-42(39)33-44/h1-36H. The summed E-state index contributed by atoms with van der Waals surface area (Å²) in [5.74, 6) is 1.87. The van der Waals surface area contributed by atoms with Crippen molar-refractivity contribution in [3.63, 3.8) is 0 Å². The van der Waals surface area contributed by atoms with E-state index in [0.29, 0.717) is 17.5 Å². The number of hydrogen-bond donors (Lipinski definition) is 0. The Labute approximate surface area is 358 Å². The lowest BCUT2D eigenvalue weighted by molar-refractivity contribution is 1.08. The number of fused-ring (bicyclic) bond motifs is 7. The third kappa shape index (κ3) is 6.25. The van der Waals surface area contributed by atoms with Crippen molar-refractivity contribution in [2.45, 2.75) is 0 Å². The Morgan fingerprint density at radius 3 is 1.44 bits per heavy atom. The van der Waals surface area contributed by atoms with Crippen LogP contribution in [0.1, 0.15) is 0 Å². The fourth-order valence-electron chi connectivity index (χ4n) is 9.01. The molecular weight excluding hydrogens is 753 g/mol. The highest BCUT2D eigenvalue weighted by Gasteiger charge is 2.18. The van der Waals surface area contributed by atoms with Gasteiger partial charge in [0, 0.05) is 38.4 Å². The summed E-state index contributed by atoms with van der Waals surface area (Å²) in [5.41, 5.74) is 10.2. The molecule has 2 aromatic heterocycles. The average molecular weight is 789 g/mol. The predicted molar refractivity (Wildman–Crippen MR) is 258 cm³/mol. The summed E-state index contributed by atoms with van der Waals surface area (Å²) in [6, 6.07) is 77.2. The van der Waals surface area contributed by atoms with Gasteiger partial charge in [0.15, 0.2) is 17.5 Å². The first kappa shape index (κ1) is 35.6. The average Bonchev–Trinajstić information content (AvgIpc) is 3.35. The van der Waals surface area contributed by atoms with E-state index in [9.17, 15) is 0 Å². The molecule has 0 saturated heterocycles. The molecule has 0 aliphatic carbocycles. The van der Waals surface area contributed by atoms with Crippen molar-refractivity contribution in [1.82, 2.24) is 19.9 Å². The molecule has 2 heterocycles. The van der Waals surface area contributed by atoms with E-state index < -0.39 is 0 Å². The molecule has 0 radical (unpaired) electrons. The highest BCUT2D eigenvalue weighted by molar-refractivity contribution is 6.24. The molecule has 288 valence electrons. The fourth-order valence-corrected chi connectivity index (χ4v) is 9.01. The maximum atomic E-state index is 5.28. The zero-order valence-electron chi connectivity index (χ0n) is 33.6. The summed E-state index contributed by atoms with van der Waals surface area (Å²) in [5, 5.41) is 10.4. The van der Waals surface area contributed by atoms with Gasteiger partial charge in [0.2, 0.25) is 0 Å². The lowest BCUT2D eigenvalue weighted by atomic mass is 9.90. The Bertz CT molecular complexity index is 3590. The largest absolute Gasteiger partial charge is 0.247 e. The van der Waals surface area contributed by atoms with E-state index in [1.807, 2.05) is 0 Å². The summed E-state index contributed by atoms with van der Waals surface area (Å²) in [4.78, 5) is 21.0.